The lowest BCUT2D eigenvalue weighted by molar-refractivity contribution is -0.0200. The number of para-hydroxylation sites is 1. The second-order valence-electron chi connectivity index (χ2n) is 4.78. The summed E-state index contributed by atoms with van der Waals surface area (Å²) < 4.78 is 6.06. The summed E-state index contributed by atoms with van der Waals surface area (Å²) in [7, 11) is 1.06. The highest BCUT2D eigenvalue weighted by Gasteiger charge is 2.31. The maximum Gasteiger partial charge on any atom is 0.0743 e. The minimum Gasteiger partial charge on any atom is -0.375 e. The van der Waals surface area contributed by atoms with Crippen molar-refractivity contribution in [1.29, 1.82) is 0 Å². The Balaban J connectivity index is 2.11. The molecule has 0 saturated carbocycles. The molecule has 0 aliphatic carbocycles. The van der Waals surface area contributed by atoms with E-state index >= 15 is 0 Å². The van der Waals surface area contributed by atoms with Gasteiger partial charge in [-0.3, -0.25) is 0 Å². The summed E-state index contributed by atoms with van der Waals surface area (Å²) in [5.74, 6) is 0. The summed E-state index contributed by atoms with van der Waals surface area (Å²) in [5, 5.41) is 1.37. The van der Waals surface area contributed by atoms with Crippen molar-refractivity contribution in [3.63, 3.8) is 0 Å². The van der Waals surface area contributed by atoms with Crippen LogP contribution >= 0.6 is 0 Å². The molecule has 2 heterocycles. The van der Waals surface area contributed by atoms with Crippen LogP contribution in [-0.2, 0) is 9.96 Å². The maximum absolute atomic E-state index is 6.06. The van der Waals surface area contributed by atoms with Crippen LogP contribution in [0.5, 0.6) is 0 Å². The van der Waals surface area contributed by atoms with Crippen LogP contribution in [0.3, 0.4) is 0 Å². The molecule has 2 nitrogen and oxygen atoms in total. The van der Waals surface area contributed by atoms with E-state index in [-0.39, 0.29) is 5.22 Å². The molecule has 2 aromatic rings. The van der Waals surface area contributed by atoms with Gasteiger partial charge in [0, 0.05) is 39.5 Å². The maximum atomic E-state index is 6.06. The molecule has 0 radical (unpaired) electrons. The highest BCUT2D eigenvalue weighted by Crippen LogP contribution is 2.36. The van der Waals surface area contributed by atoms with Crippen molar-refractivity contribution in [2.24, 2.45) is 0 Å². The van der Waals surface area contributed by atoms with E-state index in [1.165, 1.54) is 35.7 Å². The number of nitrogens with one attached hydrogen (secondary N) is 1. The first-order valence-electron chi connectivity index (χ1n) is 6.00. The van der Waals surface area contributed by atoms with Gasteiger partial charge >= 0.3 is 0 Å². The van der Waals surface area contributed by atoms with Gasteiger partial charge in [0.1, 0.15) is 0 Å². The monoisotopic (exact) mass is 231 g/mol. The molecule has 16 heavy (non-hydrogen) atoms. The molecule has 84 valence electrons. The molecule has 1 aromatic carbocycles. The summed E-state index contributed by atoms with van der Waals surface area (Å²) in [6.45, 7) is 0.920. The fraction of sp³-hybridized carbons (Fsp3) is 0.385. The fourth-order valence-corrected chi connectivity index (χ4v) is 3.63. The van der Waals surface area contributed by atoms with Crippen molar-refractivity contribution in [1.82, 2.24) is 4.98 Å². The summed E-state index contributed by atoms with van der Waals surface area (Å²) in [6, 6.07) is 8.50. The first kappa shape index (κ1) is 10.1. The van der Waals surface area contributed by atoms with Crippen LogP contribution in [0.4, 0.5) is 0 Å². The molecule has 1 fully saturated rings. The molecule has 3 heteroatoms. The number of benzene rings is 1. The number of rotatable bonds is 1. The predicted octanol–water partition coefficient (Wildman–Crippen LogP) is 1.89. The molecular weight excluding hydrogens is 214 g/mol. The van der Waals surface area contributed by atoms with Crippen LogP contribution in [0.1, 0.15) is 24.8 Å². The quantitative estimate of drug-likeness (QED) is 0.745. The summed E-state index contributed by atoms with van der Waals surface area (Å²) >= 11 is 0. The van der Waals surface area contributed by atoms with Crippen molar-refractivity contribution in [3.8, 4) is 0 Å². The van der Waals surface area contributed by atoms with Crippen molar-refractivity contribution in [2.45, 2.75) is 24.5 Å². The lowest BCUT2D eigenvalue weighted by Gasteiger charge is -2.34. The SMILES string of the molecule is [SiH3]C1(c2c[nH]c3ccccc23)CCCCO1. The van der Waals surface area contributed by atoms with E-state index in [4.69, 9.17) is 4.74 Å². The lowest BCUT2D eigenvalue weighted by Crippen LogP contribution is -2.33. The van der Waals surface area contributed by atoms with Gasteiger partial charge in [-0.1, -0.05) is 18.2 Å². The predicted molar refractivity (Wildman–Crippen MR) is 69.7 cm³/mol. The van der Waals surface area contributed by atoms with E-state index in [2.05, 4.69) is 35.4 Å². The van der Waals surface area contributed by atoms with Crippen LogP contribution in [0, 0.1) is 0 Å². The molecule has 1 aliphatic heterocycles. The average Bonchev–Trinajstić information content (AvgIpc) is 2.74. The Labute approximate surface area is 98.4 Å². The molecule has 1 unspecified atom stereocenters. The zero-order valence-electron chi connectivity index (χ0n) is 9.62. The van der Waals surface area contributed by atoms with E-state index in [0.717, 1.165) is 16.8 Å². The highest BCUT2D eigenvalue weighted by atomic mass is 28.1. The minimum atomic E-state index is 0.0395. The van der Waals surface area contributed by atoms with Crippen molar-refractivity contribution in [2.75, 3.05) is 6.61 Å². The number of ether oxygens (including phenoxy) is 1. The normalized spacial score (nSPS) is 26.2. The second-order valence-corrected chi connectivity index (χ2v) is 6.40. The van der Waals surface area contributed by atoms with Gasteiger partial charge in [0.15, 0.2) is 0 Å². The molecule has 0 amide bonds. The Kier molecular flexibility index (Phi) is 2.37. The fourth-order valence-electron chi connectivity index (χ4n) is 2.66. The van der Waals surface area contributed by atoms with Crippen molar-refractivity contribution < 1.29 is 4.74 Å². The summed E-state index contributed by atoms with van der Waals surface area (Å²) in [5.41, 5.74) is 2.59. The van der Waals surface area contributed by atoms with Gasteiger partial charge < -0.3 is 9.72 Å². The van der Waals surface area contributed by atoms with E-state index in [9.17, 15) is 0 Å². The van der Waals surface area contributed by atoms with Gasteiger partial charge in [-0.2, -0.15) is 0 Å². The molecule has 0 spiro atoms. The van der Waals surface area contributed by atoms with E-state index in [1.807, 2.05) is 0 Å². The molecule has 1 saturated heterocycles. The Morgan fingerprint density at radius 3 is 2.94 bits per heavy atom. The van der Waals surface area contributed by atoms with Crippen LogP contribution in [0.15, 0.2) is 30.5 Å². The number of fused-ring (bicyclic) bond motifs is 1. The molecule has 1 aromatic heterocycles. The van der Waals surface area contributed by atoms with Crippen molar-refractivity contribution >= 4 is 21.1 Å². The molecule has 1 N–H and O–H groups in total. The zero-order valence-corrected chi connectivity index (χ0v) is 11.6. The third-order valence-corrected chi connectivity index (χ3v) is 4.96. The van der Waals surface area contributed by atoms with Gasteiger partial charge in [-0.05, 0) is 25.3 Å². The second kappa shape index (κ2) is 3.75. The Morgan fingerprint density at radius 1 is 1.25 bits per heavy atom. The van der Waals surface area contributed by atoms with Crippen LogP contribution in [0.2, 0.25) is 0 Å². The Morgan fingerprint density at radius 2 is 2.12 bits per heavy atom. The third-order valence-electron chi connectivity index (χ3n) is 3.63. The average molecular weight is 231 g/mol. The number of hydrogen-bond donors (Lipinski definition) is 1. The molecule has 1 atom stereocenters. The largest absolute Gasteiger partial charge is 0.375 e. The van der Waals surface area contributed by atoms with Gasteiger partial charge in [-0.15, -0.1) is 0 Å². The summed E-state index contributed by atoms with van der Waals surface area (Å²) in [4.78, 5) is 3.35. The number of H-pyrrole nitrogens is 1. The molecule has 0 bridgehead atoms. The van der Waals surface area contributed by atoms with Crippen LogP contribution in [0.25, 0.3) is 10.9 Å². The van der Waals surface area contributed by atoms with Crippen molar-refractivity contribution in [3.05, 3.63) is 36.0 Å². The third kappa shape index (κ3) is 1.51. The first-order chi connectivity index (χ1) is 7.80. The van der Waals surface area contributed by atoms with E-state index < -0.39 is 0 Å². The van der Waals surface area contributed by atoms with Gasteiger partial charge in [-0.25, -0.2) is 0 Å². The number of hydrogen-bond acceptors (Lipinski definition) is 1. The Bertz CT molecular complexity index is 499. The first-order valence-corrected chi connectivity index (χ1v) is 7.00. The van der Waals surface area contributed by atoms with E-state index in [1.54, 1.807) is 0 Å². The molecular formula is C13H17NOSi. The molecule has 3 rings (SSSR count). The standard InChI is InChI=1S/C13H17NOSi/c16-13(7-3-4-8-15-13)11-9-14-12-6-2-1-5-10(11)12/h1-2,5-6,9,14H,3-4,7-8H2,16H3. The van der Waals surface area contributed by atoms with Crippen LogP contribution < -0.4 is 0 Å². The summed E-state index contributed by atoms with van der Waals surface area (Å²) in [6.07, 6.45) is 5.83. The topological polar surface area (TPSA) is 25.0 Å². The lowest BCUT2D eigenvalue weighted by atomic mass is 10.00. The number of aromatic amines is 1. The molecule has 1 aliphatic rings. The van der Waals surface area contributed by atoms with Gasteiger partial charge in [0.2, 0.25) is 0 Å². The number of aromatic nitrogens is 1. The van der Waals surface area contributed by atoms with Gasteiger partial charge in [0.05, 0.1) is 5.22 Å². The highest BCUT2D eigenvalue weighted by molar-refractivity contribution is 6.16. The minimum absolute atomic E-state index is 0.0395. The van der Waals surface area contributed by atoms with Gasteiger partial charge in [0.25, 0.3) is 0 Å². The zero-order chi connectivity index (χ0) is 11.0. The van der Waals surface area contributed by atoms with E-state index in [0.29, 0.717) is 0 Å². The smallest absolute Gasteiger partial charge is 0.0743 e. The van der Waals surface area contributed by atoms with Crippen LogP contribution in [-0.4, -0.2) is 21.8 Å². The Hall–Kier alpha value is -1.06.